The van der Waals surface area contributed by atoms with Gasteiger partial charge < -0.3 is 5.32 Å². The highest BCUT2D eigenvalue weighted by molar-refractivity contribution is 7.11. The molecule has 114 valence electrons. The highest BCUT2D eigenvalue weighted by Gasteiger charge is 2.37. The lowest BCUT2D eigenvalue weighted by atomic mass is 9.95. The monoisotopic (exact) mass is 306 g/mol. The summed E-state index contributed by atoms with van der Waals surface area (Å²) < 4.78 is 37.0. The second-order valence-corrected chi connectivity index (χ2v) is 7.08. The molecule has 1 aliphatic rings. The summed E-state index contributed by atoms with van der Waals surface area (Å²) in [5.41, 5.74) is 0.542. The zero-order valence-corrected chi connectivity index (χ0v) is 12.9. The van der Waals surface area contributed by atoms with E-state index in [0.717, 1.165) is 28.4 Å². The number of nitrogens with one attached hydrogen (secondary N) is 1. The first kappa shape index (κ1) is 15.8. The molecule has 1 unspecified atom stereocenters. The first-order valence-corrected chi connectivity index (χ1v) is 7.80. The summed E-state index contributed by atoms with van der Waals surface area (Å²) >= 11 is 1.59. The van der Waals surface area contributed by atoms with Crippen molar-refractivity contribution in [2.45, 2.75) is 70.6 Å². The van der Waals surface area contributed by atoms with Gasteiger partial charge in [-0.05, 0) is 46.5 Å². The van der Waals surface area contributed by atoms with Gasteiger partial charge in [0.25, 0.3) is 0 Å². The Balaban J connectivity index is 2.08. The minimum atomic E-state index is -4.07. The van der Waals surface area contributed by atoms with Crippen LogP contribution >= 0.6 is 11.3 Å². The van der Waals surface area contributed by atoms with Gasteiger partial charge in [0.05, 0.1) is 11.2 Å². The van der Waals surface area contributed by atoms with Crippen LogP contribution in [-0.2, 0) is 5.54 Å². The molecule has 1 atom stereocenters. The van der Waals surface area contributed by atoms with E-state index in [1.165, 1.54) is 0 Å². The van der Waals surface area contributed by atoms with Crippen molar-refractivity contribution in [2.24, 2.45) is 0 Å². The Hall–Kier alpha value is -0.620. The average molecular weight is 306 g/mol. The van der Waals surface area contributed by atoms with E-state index in [2.05, 4.69) is 10.3 Å². The molecule has 0 amide bonds. The molecule has 0 radical (unpaired) electrons. The normalized spacial score (nSPS) is 19.1. The van der Waals surface area contributed by atoms with Gasteiger partial charge in [0.15, 0.2) is 0 Å². The summed E-state index contributed by atoms with van der Waals surface area (Å²) in [5, 5.41) is 4.41. The summed E-state index contributed by atoms with van der Waals surface area (Å²) in [6, 6.07) is 0.440. The molecule has 1 saturated carbocycles. The number of thiazole rings is 1. The predicted octanol–water partition coefficient (Wildman–Crippen LogP) is 4.46. The summed E-state index contributed by atoms with van der Waals surface area (Å²) in [6.07, 6.45) is -1.98. The van der Waals surface area contributed by atoms with Crippen molar-refractivity contribution in [3.8, 4) is 0 Å². The van der Waals surface area contributed by atoms with Crippen LogP contribution in [0, 0.1) is 13.8 Å². The van der Waals surface area contributed by atoms with E-state index >= 15 is 0 Å². The van der Waals surface area contributed by atoms with Gasteiger partial charge in [0, 0.05) is 17.3 Å². The number of halogens is 3. The second-order valence-electron chi connectivity index (χ2n) is 5.88. The minimum absolute atomic E-state index is 0.136. The molecule has 2 rings (SSSR count). The van der Waals surface area contributed by atoms with Crippen LogP contribution in [0.15, 0.2) is 0 Å². The molecule has 6 heteroatoms. The highest BCUT2D eigenvalue weighted by Crippen LogP contribution is 2.36. The van der Waals surface area contributed by atoms with Crippen LogP contribution in [0.5, 0.6) is 0 Å². The van der Waals surface area contributed by atoms with Crippen molar-refractivity contribution in [2.75, 3.05) is 0 Å². The molecule has 0 aromatic carbocycles. The van der Waals surface area contributed by atoms with Crippen LogP contribution in [0.25, 0.3) is 0 Å². The zero-order valence-electron chi connectivity index (χ0n) is 12.1. The zero-order chi connectivity index (χ0) is 15.0. The third-order valence-corrected chi connectivity index (χ3v) is 5.07. The van der Waals surface area contributed by atoms with Gasteiger partial charge in [-0.2, -0.15) is 13.2 Å². The molecular weight excluding hydrogens is 285 g/mol. The lowest BCUT2D eigenvalue weighted by Crippen LogP contribution is -2.41. The smallest absolute Gasteiger partial charge is 0.303 e. The summed E-state index contributed by atoms with van der Waals surface area (Å²) in [4.78, 5) is 5.69. The largest absolute Gasteiger partial charge is 0.389 e. The predicted molar refractivity (Wildman–Crippen MR) is 75.0 cm³/mol. The number of aryl methyl sites for hydroxylation is 2. The molecule has 1 aromatic heterocycles. The van der Waals surface area contributed by atoms with Gasteiger partial charge in [0.1, 0.15) is 5.01 Å². The molecule has 1 fully saturated rings. The molecule has 2 nitrogen and oxygen atoms in total. The van der Waals surface area contributed by atoms with Gasteiger partial charge >= 0.3 is 6.18 Å². The fourth-order valence-electron chi connectivity index (χ4n) is 2.27. The lowest BCUT2D eigenvalue weighted by molar-refractivity contribution is -0.136. The van der Waals surface area contributed by atoms with Crippen LogP contribution in [-0.4, -0.2) is 17.2 Å². The summed E-state index contributed by atoms with van der Waals surface area (Å²) in [5.74, 6) is 0. The van der Waals surface area contributed by atoms with Gasteiger partial charge in [-0.15, -0.1) is 11.3 Å². The second kappa shape index (κ2) is 5.64. The first-order valence-electron chi connectivity index (χ1n) is 6.98. The molecular formula is C14H21F3N2S. The fourth-order valence-corrected chi connectivity index (χ4v) is 3.32. The number of aromatic nitrogens is 1. The Bertz CT molecular complexity index is 446. The van der Waals surface area contributed by atoms with Crippen molar-refractivity contribution in [3.05, 3.63) is 15.6 Å². The van der Waals surface area contributed by atoms with E-state index in [-0.39, 0.29) is 6.42 Å². The number of hydrogen-bond donors (Lipinski definition) is 1. The van der Waals surface area contributed by atoms with E-state index in [1.807, 2.05) is 20.8 Å². The molecule has 1 heterocycles. The van der Waals surface area contributed by atoms with Crippen molar-refractivity contribution < 1.29 is 13.2 Å². The third kappa shape index (κ3) is 4.19. The van der Waals surface area contributed by atoms with Gasteiger partial charge in [-0.1, -0.05) is 0 Å². The molecule has 0 aliphatic heterocycles. The van der Waals surface area contributed by atoms with Gasteiger partial charge in [-0.3, -0.25) is 0 Å². The van der Waals surface area contributed by atoms with Crippen molar-refractivity contribution >= 4 is 11.3 Å². The first-order chi connectivity index (χ1) is 9.20. The van der Waals surface area contributed by atoms with Gasteiger partial charge in [0.2, 0.25) is 0 Å². The van der Waals surface area contributed by atoms with E-state index in [0.29, 0.717) is 12.5 Å². The van der Waals surface area contributed by atoms with Crippen molar-refractivity contribution in [1.29, 1.82) is 0 Å². The fraction of sp³-hybridized carbons (Fsp3) is 0.786. The molecule has 0 spiro atoms. The van der Waals surface area contributed by atoms with E-state index in [1.54, 1.807) is 11.3 Å². The number of alkyl halides is 3. The molecule has 1 N–H and O–H groups in total. The number of nitrogens with zero attached hydrogens (tertiary/aromatic N) is 1. The molecule has 0 saturated heterocycles. The van der Waals surface area contributed by atoms with Crippen LogP contribution in [0.2, 0.25) is 0 Å². The maximum atomic E-state index is 12.3. The van der Waals surface area contributed by atoms with E-state index in [9.17, 15) is 13.2 Å². The number of hydrogen-bond acceptors (Lipinski definition) is 3. The lowest BCUT2D eigenvalue weighted by Gasteiger charge is -2.29. The Morgan fingerprint density at radius 3 is 2.35 bits per heavy atom. The quantitative estimate of drug-likeness (QED) is 0.839. The van der Waals surface area contributed by atoms with Crippen LogP contribution in [0.4, 0.5) is 13.2 Å². The standard InChI is InChI=1S/C14H21F3N2S/c1-9-10(2)20-12(18-9)13(3,19-11-5-6-11)7-4-8-14(15,16)17/h11,19H,4-8H2,1-3H3. The summed E-state index contributed by atoms with van der Waals surface area (Å²) in [6.45, 7) is 5.94. The number of rotatable bonds is 6. The highest BCUT2D eigenvalue weighted by atomic mass is 32.1. The molecule has 1 aliphatic carbocycles. The van der Waals surface area contributed by atoms with Crippen LogP contribution in [0.1, 0.15) is 54.6 Å². The summed E-state index contributed by atoms with van der Waals surface area (Å²) in [7, 11) is 0. The molecule has 0 bridgehead atoms. The Morgan fingerprint density at radius 2 is 1.90 bits per heavy atom. The minimum Gasteiger partial charge on any atom is -0.303 e. The van der Waals surface area contributed by atoms with Crippen molar-refractivity contribution in [3.63, 3.8) is 0 Å². The maximum absolute atomic E-state index is 12.3. The Morgan fingerprint density at radius 1 is 1.25 bits per heavy atom. The van der Waals surface area contributed by atoms with E-state index in [4.69, 9.17) is 0 Å². The Labute approximate surface area is 121 Å². The topological polar surface area (TPSA) is 24.9 Å². The molecule has 1 aromatic rings. The van der Waals surface area contributed by atoms with Crippen molar-refractivity contribution in [1.82, 2.24) is 10.3 Å². The maximum Gasteiger partial charge on any atom is 0.389 e. The van der Waals surface area contributed by atoms with Crippen LogP contribution < -0.4 is 5.32 Å². The molecule has 20 heavy (non-hydrogen) atoms. The van der Waals surface area contributed by atoms with E-state index < -0.39 is 18.1 Å². The van der Waals surface area contributed by atoms with Crippen LogP contribution in [0.3, 0.4) is 0 Å². The Kier molecular flexibility index (Phi) is 4.44. The third-order valence-electron chi connectivity index (χ3n) is 3.74. The average Bonchev–Trinajstić information content (AvgIpc) is 3.03. The van der Waals surface area contributed by atoms with Gasteiger partial charge in [-0.25, -0.2) is 4.98 Å². The SMILES string of the molecule is Cc1nc(C(C)(CCCC(F)(F)F)NC2CC2)sc1C.